The van der Waals surface area contributed by atoms with E-state index in [2.05, 4.69) is 36.0 Å². The van der Waals surface area contributed by atoms with E-state index in [0.29, 0.717) is 6.04 Å². The van der Waals surface area contributed by atoms with Crippen LogP contribution in [0.1, 0.15) is 44.9 Å². The van der Waals surface area contributed by atoms with E-state index in [0.717, 1.165) is 31.2 Å². The Morgan fingerprint density at radius 1 is 1.50 bits per heavy atom. The molecule has 0 bridgehead atoms. The van der Waals surface area contributed by atoms with E-state index in [9.17, 15) is 5.11 Å². The fraction of sp³-hybridized carbons (Fsp3) is 0.800. The molecule has 1 heterocycles. The zero-order chi connectivity index (χ0) is 14.6. The molecule has 2 unspecified atom stereocenters. The minimum absolute atomic E-state index is 0.0480. The molecule has 1 saturated carbocycles. The van der Waals surface area contributed by atoms with Gasteiger partial charge in [0.2, 0.25) is 0 Å². The fourth-order valence-electron chi connectivity index (χ4n) is 3.01. The van der Waals surface area contributed by atoms with Crippen LogP contribution < -0.4 is 10.2 Å². The molecule has 1 aromatic heterocycles. The van der Waals surface area contributed by atoms with Crippen LogP contribution in [-0.4, -0.2) is 35.8 Å². The highest BCUT2D eigenvalue weighted by Gasteiger charge is 2.37. The SMILES string of the molecule is CCN(CC)c1ncc(CNC2CCCC2(C)CO)s1. The fourth-order valence-corrected chi connectivity index (χ4v) is 4.00. The highest BCUT2D eigenvalue weighted by Crippen LogP contribution is 2.37. The van der Waals surface area contributed by atoms with Crippen molar-refractivity contribution in [3.8, 4) is 0 Å². The number of hydrogen-bond donors (Lipinski definition) is 2. The van der Waals surface area contributed by atoms with Gasteiger partial charge < -0.3 is 15.3 Å². The van der Waals surface area contributed by atoms with Gasteiger partial charge in [-0.3, -0.25) is 0 Å². The molecule has 0 spiro atoms. The second-order valence-corrected chi connectivity index (χ2v) is 7.01. The van der Waals surface area contributed by atoms with Crippen LogP contribution >= 0.6 is 11.3 Å². The van der Waals surface area contributed by atoms with Crippen LogP contribution in [0.2, 0.25) is 0 Å². The Bertz CT molecular complexity index is 419. The van der Waals surface area contributed by atoms with Crippen LogP contribution in [-0.2, 0) is 6.54 Å². The van der Waals surface area contributed by atoms with Gasteiger partial charge in [-0.2, -0.15) is 0 Å². The van der Waals surface area contributed by atoms with Gasteiger partial charge in [0, 0.05) is 48.8 Å². The number of aliphatic hydroxyl groups excluding tert-OH is 1. The van der Waals surface area contributed by atoms with Gasteiger partial charge in [0.15, 0.2) is 5.13 Å². The number of aliphatic hydroxyl groups is 1. The molecule has 2 atom stereocenters. The number of hydrogen-bond acceptors (Lipinski definition) is 5. The average molecular weight is 297 g/mol. The zero-order valence-corrected chi connectivity index (χ0v) is 13.7. The van der Waals surface area contributed by atoms with Crippen molar-refractivity contribution >= 4 is 16.5 Å². The summed E-state index contributed by atoms with van der Waals surface area (Å²) in [5, 5.41) is 14.3. The van der Waals surface area contributed by atoms with Crippen molar-refractivity contribution in [2.24, 2.45) is 5.41 Å². The van der Waals surface area contributed by atoms with Crippen LogP contribution in [0.25, 0.3) is 0 Å². The lowest BCUT2D eigenvalue weighted by Crippen LogP contribution is -2.41. The van der Waals surface area contributed by atoms with E-state index in [-0.39, 0.29) is 12.0 Å². The molecule has 1 aliphatic carbocycles. The molecule has 0 aliphatic heterocycles. The van der Waals surface area contributed by atoms with E-state index in [4.69, 9.17) is 0 Å². The Kier molecular flexibility index (Phi) is 5.41. The number of nitrogens with one attached hydrogen (secondary N) is 1. The third-order valence-corrected chi connectivity index (χ3v) is 5.60. The average Bonchev–Trinajstić information content (AvgIpc) is 3.06. The molecular formula is C15H27N3OS. The molecule has 5 heteroatoms. The monoisotopic (exact) mass is 297 g/mol. The first-order valence-electron chi connectivity index (χ1n) is 7.67. The molecule has 4 nitrogen and oxygen atoms in total. The van der Waals surface area contributed by atoms with Gasteiger partial charge in [0.1, 0.15) is 0 Å². The summed E-state index contributed by atoms with van der Waals surface area (Å²) in [4.78, 5) is 8.07. The summed E-state index contributed by atoms with van der Waals surface area (Å²) in [5.74, 6) is 0. The van der Waals surface area contributed by atoms with Crippen molar-refractivity contribution in [1.29, 1.82) is 0 Å². The first-order chi connectivity index (χ1) is 9.62. The molecule has 20 heavy (non-hydrogen) atoms. The lowest BCUT2D eigenvalue weighted by Gasteiger charge is -2.30. The molecule has 114 valence electrons. The summed E-state index contributed by atoms with van der Waals surface area (Å²) >= 11 is 1.77. The Morgan fingerprint density at radius 2 is 2.25 bits per heavy atom. The molecule has 1 aliphatic rings. The number of aromatic nitrogens is 1. The van der Waals surface area contributed by atoms with E-state index < -0.39 is 0 Å². The van der Waals surface area contributed by atoms with E-state index in [1.807, 2.05) is 6.20 Å². The number of nitrogens with zero attached hydrogens (tertiary/aromatic N) is 2. The van der Waals surface area contributed by atoms with Gasteiger partial charge in [-0.05, 0) is 26.7 Å². The molecule has 0 radical (unpaired) electrons. The molecule has 2 rings (SSSR count). The van der Waals surface area contributed by atoms with Crippen molar-refractivity contribution in [2.45, 2.75) is 52.6 Å². The summed E-state index contributed by atoms with van der Waals surface area (Å²) in [6.07, 6.45) is 5.48. The minimum atomic E-state index is 0.0480. The standard InChI is InChI=1S/C15H27N3OS/c1-4-18(5-2)14-17-10-12(20-14)9-16-13-7-6-8-15(13,3)11-19/h10,13,16,19H,4-9,11H2,1-3H3. The van der Waals surface area contributed by atoms with Crippen LogP contribution in [0.4, 0.5) is 5.13 Å². The predicted octanol–water partition coefficient (Wildman–Crippen LogP) is 2.63. The van der Waals surface area contributed by atoms with Crippen molar-refractivity contribution in [2.75, 3.05) is 24.6 Å². The third kappa shape index (κ3) is 3.32. The van der Waals surface area contributed by atoms with Crippen molar-refractivity contribution in [3.05, 3.63) is 11.1 Å². The van der Waals surface area contributed by atoms with Crippen molar-refractivity contribution < 1.29 is 5.11 Å². The van der Waals surface area contributed by atoms with Gasteiger partial charge in [0.25, 0.3) is 0 Å². The molecule has 0 saturated heterocycles. The Balaban J connectivity index is 1.91. The molecule has 1 fully saturated rings. The summed E-state index contributed by atoms with van der Waals surface area (Å²) in [6.45, 7) is 9.65. The molecular weight excluding hydrogens is 270 g/mol. The quantitative estimate of drug-likeness (QED) is 0.812. The summed E-state index contributed by atoms with van der Waals surface area (Å²) in [5.41, 5.74) is 0.0480. The van der Waals surface area contributed by atoms with Crippen LogP contribution in [0, 0.1) is 5.41 Å². The molecule has 0 aromatic carbocycles. The topological polar surface area (TPSA) is 48.4 Å². The van der Waals surface area contributed by atoms with Gasteiger partial charge >= 0.3 is 0 Å². The smallest absolute Gasteiger partial charge is 0.185 e. The highest BCUT2D eigenvalue weighted by molar-refractivity contribution is 7.15. The van der Waals surface area contributed by atoms with Gasteiger partial charge in [-0.1, -0.05) is 13.3 Å². The van der Waals surface area contributed by atoms with E-state index in [1.165, 1.54) is 17.7 Å². The molecule has 2 N–H and O–H groups in total. The van der Waals surface area contributed by atoms with E-state index >= 15 is 0 Å². The minimum Gasteiger partial charge on any atom is -0.396 e. The number of anilines is 1. The normalized spacial score (nSPS) is 26.1. The Labute approximate surface area is 126 Å². The largest absolute Gasteiger partial charge is 0.396 e. The van der Waals surface area contributed by atoms with Crippen molar-refractivity contribution in [3.63, 3.8) is 0 Å². The van der Waals surface area contributed by atoms with Gasteiger partial charge in [-0.25, -0.2) is 4.98 Å². The molecule has 1 aromatic rings. The maximum absolute atomic E-state index is 9.58. The lowest BCUT2D eigenvalue weighted by molar-refractivity contribution is 0.118. The number of thiazole rings is 1. The summed E-state index contributed by atoms with van der Waals surface area (Å²) in [7, 11) is 0. The highest BCUT2D eigenvalue weighted by atomic mass is 32.1. The summed E-state index contributed by atoms with van der Waals surface area (Å²) < 4.78 is 0. The zero-order valence-electron chi connectivity index (χ0n) is 12.9. The third-order valence-electron chi connectivity index (χ3n) is 4.54. The van der Waals surface area contributed by atoms with Crippen LogP contribution in [0.15, 0.2) is 6.20 Å². The van der Waals surface area contributed by atoms with Crippen molar-refractivity contribution in [1.82, 2.24) is 10.3 Å². The van der Waals surface area contributed by atoms with Crippen LogP contribution in [0.3, 0.4) is 0 Å². The van der Waals surface area contributed by atoms with Crippen LogP contribution in [0.5, 0.6) is 0 Å². The Morgan fingerprint density at radius 3 is 2.90 bits per heavy atom. The van der Waals surface area contributed by atoms with Gasteiger partial charge in [0.05, 0.1) is 0 Å². The first-order valence-corrected chi connectivity index (χ1v) is 8.48. The van der Waals surface area contributed by atoms with E-state index in [1.54, 1.807) is 11.3 Å². The second kappa shape index (κ2) is 6.87. The Hall–Kier alpha value is -0.650. The number of rotatable bonds is 7. The maximum Gasteiger partial charge on any atom is 0.185 e. The predicted molar refractivity (Wildman–Crippen MR) is 85.3 cm³/mol. The molecule has 0 amide bonds. The second-order valence-electron chi connectivity index (χ2n) is 5.92. The summed E-state index contributed by atoms with van der Waals surface area (Å²) in [6, 6.07) is 0.423. The first kappa shape index (κ1) is 15.7. The van der Waals surface area contributed by atoms with Gasteiger partial charge in [-0.15, -0.1) is 11.3 Å². The maximum atomic E-state index is 9.58. The lowest BCUT2D eigenvalue weighted by atomic mass is 9.86.